The van der Waals surface area contributed by atoms with Crippen molar-refractivity contribution in [1.82, 2.24) is 9.97 Å². The highest BCUT2D eigenvalue weighted by molar-refractivity contribution is 5.82. The van der Waals surface area contributed by atoms with Crippen molar-refractivity contribution in [2.45, 2.75) is 6.42 Å². The second-order valence-electron chi connectivity index (χ2n) is 6.40. The van der Waals surface area contributed by atoms with Crippen molar-refractivity contribution in [3.63, 3.8) is 0 Å². The fourth-order valence-electron chi connectivity index (χ4n) is 3.11. The van der Waals surface area contributed by atoms with Gasteiger partial charge in [0.25, 0.3) is 0 Å². The molecule has 0 atom stereocenters. The van der Waals surface area contributed by atoms with Crippen LogP contribution in [0.15, 0.2) is 73.0 Å². The average Bonchev–Trinajstić information content (AvgIpc) is 3.15. The summed E-state index contributed by atoms with van der Waals surface area (Å²) in [6.45, 7) is 0. The van der Waals surface area contributed by atoms with Gasteiger partial charge in [0.1, 0.15) is 5.82 Å². The predicted molar refractivity (Wildman–Crippen MR) is 113 cm³/mol. The molecule has 0 fully saturated rings. The molecule has 0 bridgehead atoms. The third-order valence-electron chi connectivity index (χ3n) is 4.50. The Morgan fingerprint density at radius 1 is 0.966 bits per heavy atom. The molecule has 0 radical (unpaired) electrons. The second-order valence-corrected chi connectivity index (χ2v) is 6.40. The minimum atomic E-state index is 0.457. The molecule has 3 aromatic rings. The van der Waals surface area contributed by atoms with Crippen molar-refractivity contribution in [1.29, 1.82) is 10.5 Å². The summed E-state index contributed by atoms with van der Waals surface area (Å²) in [6, 6.07) is 19.2. The summed E-state index contributed by atoms with van der Waals surface area (Å²) in [5, 5.41) is 24.1. The zero-order chi connectivity index (χ0) is 20.1. The van der Waals surface area contributed by atoms with Gasteiger partial charge in [-0.2, -0.15) is 15.5 Å². The number of allylic oxidation sites excluding steroid dienone is 4. The predicted octanol–water partition coefficient (Wildman–Crippen LogP) is 4.85. The van der Waals surface area contributed by atoms with Crippen LogP contribution in [0.5, 0.6) is 0 Å². The number of fused-ring (bicyclic) bond motifs is 1. The monoisotopic (exact) mass is 376 g/mol. The van der Waals surface area contributed by atoms with Crippen LogP contribution in [0.3, 0.4) is 0 Å². The number of nitrogens with zero attached hydrogens (tertiary/aromatic N) is 4. The first-order valence-electron chi connectivity index (χ1n) is 9.02. The van der Waals surface area contributed by atoms with Crippen LogP contribution in [-0.4, -0.2) is 9.97 Å². The van der Waals surface area contributed by atoms with Crippen molar-refractivity contribution >= 4 is 28.7 Å². The van der Waals surface area contributed by atoms with Gasteiger partial charge in [0.05, 0.1) is 17.7 Å². The number of rotatable bonds is 5. The maximum Gasteiger partial charge on any atom is 0.229 e. The highest BCUT2D eigenvalue weighted by Gasteiger charge is 2.13. The number of benzene rings is 2. The van der Waals surface area contributed by atoms with E-state index in [9.17, 15) is 0 Å². The maximum atomic E-state index is 8.89. The fraction of sp³-hybridized carbons (Fsp3) is 0.0435. The third kappa shape index (κ3) is 4.13. The first-order chi connectivity index (χ1) is 14.2. The van der Waals surface area contributed by atoms with E-state index in [1.165, 1.54) is 11.6 Å². The summed E-state index contributed by atoms with van der Waals surface area (Å²) >= 11 is 0. The molecule has 29 heavy (non-hydrogen) atoms. The van der Waals surface area contributed by atoms with E-state index in [2.05, 4.69) is 44.9 Å². The number of nitriles is 2. The SMILES string of the molecule is N#C/C=C/C1=CCc2ccc(Nc3ccnc(Nc4ccc(C#N)cc4)n3)cc21. The van der Waals surface area contributed by atoms with Crippen molar-refractivity contribution < 1.29 is 0 Å². The zero-order valence-corrected chi connectivity index (χ0v) is 15.4. The van der Waals surface area contributed by atoms with Gasteiger partial charge < -0.3 is 10.6 Å². The first kappa shape index (κ1) is 18.0. The minimum absolute atomic E-state index is 0.457. The Balaban J connectivity index is 1.51. The van der Waals surface area contributed by atoms with Crippen molar-refractivity contribution in [2.24, 2.45) is 0 Å². The molecular formula is C23H16N6. The van der Waals surface area contributed by atoms with Gasteiger partial charge in [-0.15, -0.1) is 0 Å². The Morgan fingerprint density at radius 3 is 2.59 bits per heavy atom. The van der Waals surface area contributed by atoms with Crippen molar-refractivity contribution in [2.75, 3.05) is 10.6 Å². The van der Waals surface area contributed by atoms with Crippen LogP contribution >= 0.6 is 0 Å². The van der Waals surface area contributed by atoms with Gasteiger partial charge in [-0.1, -0.05) is 12.1 Å². The molecule has 4 rings (SSSR count). The molecule has 1 aliphatic carbocycles. The molecule has 0 unspecified atom stereocenters. The summed E-state index contributed by atoms with van der Waals surface area (Å²) in [5.74, 6) is 1.12. The van der Waals surface area contributed by atoms with Gasteiger partial charge in [-0.3, -0.25) is 0 Å². The molecule has 1 heterocycles. The molecule has 0 amide bonds. The molecule has 2 N–H and O–H groups in total. The Hall–Kier alpha value is -4.42. The van der Waals surface area contributed by atoms with Crippen LogP contribution in [0.2, 0.25) is 0 Å². The lowest BCUT2D eigenvalue weighted by molar-refractivity contribution is 1.16. The Morgan fingerprint density at radius 2 is 1.79 bits per heavy atom. The average molecular weight is 376 g/mol. The molecule has 6 heteroatoms. The van der Waals surface area contributed by atoms with Gasteiger partial charge in [-0.25, -0.2) is 4.98 Å². The molecule has 0 saturated heterocycles. The van der Waals surface area contributed by atoms with Crippen LogP contribution in [0.25, 0.3) is 5.57 Å². The maximum absolute atomic E-state index is 8.89. The quantitative estimate of drug-likeness (QED) is 0.618. The van der Waals surface area contributed by atoms with E-state index >= 15 is 0 Å². The molecule has 0 aliphatic heterocycles. The van der Waals surface area contributed by atoms with E-state index in [-0.39, 0.29) is 0 Å². The van der Waals surface area contributed by atoms with Crippen LogP contribution in [0.4, 0.5) is 23.1 Å². The summed E-state index contributed by atoms with van der Waals surface area (Å²) in [4.78, 5) is 8.74. The van der Waals surface area contributed by atoms with Crippen LogP contribution in [-0.2, 0) is 6.42 Å². The van der Waals surface area contributed by atoms with E-state index in [1.54, 1.807) is 24.4 Å². The van der Waals surface area contributed by atoms with Gasteiger partial charge in [0, 0.05) is 23.6 Å². The van der Waals surface area contributed by atoms with E-state index in [1.807, 2.05) is 30.3 Å². The molecule has 6 nitrogen and oxygen atoms in total. The van der Waals surface area contributed by atoms with Crippen molar-refractivity contribution in [3.05, 3.63) is 89.6 Å². The molecular weight excluding hydrogens is 360 g/mol. The summed E-state index contributed by atoms with van der Waals surface area (Å²) in [5.41, 5.74) is 5.71. The van der Waals surface area contributed by atoms with Gasteiger partial charge in [-0.05, 0) is 71.7 Å². The largest absolute Gasteiger partial charge is 0.340 e. The van der Waals surface area contributed by atoms with E-state index in [0.717, 1.165) is 28.9 Å². The van der Waals surface area contributed by atoms with E-state index < -0.39 is 0 Å². The summed E-state index contributed by atoms with van der Waals surface area (Å²) in [7, 11) is 0. The highest BCUT2D eigenvalue weighted by atomic mass is 15.1. The number of hydrogen-bond donors (Lipinski definition) is 2. The topological polar surface area (TPSA) is 97.4 Å². The van der Waals surface area contributed by atoms with Crippen LogP contribution < -0.4 is 10.6 Å². The standard InChI is InChI=1S/C23H16N6/c24-12-1-2-17-5-6-18-7-10-20(14-21(17)18)27-22-11-13-26-23(29-22)28-19-8-3-16(15-25)4-9-19/h1-5,7-11,13-14H,6H2,(H2,26,27,28,29)/b2-1+. The number of aromatic nitrogens is 2. The van der Waals surface area contributed by atoms with Gasteiger partial charge in [0.2, 0.25) is 5.95 Å². The summed E-state index contributed by atoms with van der Waals surface area (Å²) in [6.07, 6.45) is 7.99. The Kier molecular flexibility index (Phi) is 5.00. The summed E-state index contributed by atoms with van der Waals surface area (Å²) < 4.78 is 0. The van der Waals surface area contributed by atoms with Crippen LogP contribution in [0.1, 0.15) is 16.7 Å². The molecule has 2 aromatic carbocycles. The van der Waals surface area contributed by atoms with Gasteiger partial charge in [0.15, 0.2) is 0 Å². The van der Waals surface area contributed by atoms with Gasteiger partial charge >= 0.3 is 0 Å². The fourth-order valence-corrected chi connectivity index (χ4v) is 3.11. The van der Waals surface area contributed by atoms with E-state index in [0.29, 0.717) is 17.3 Å². The lowest BCUT2D eigenvalue weighted by Crippen LogP contribution is -2.00. The smallest absolute Gasteiger partial charge is 0.229 e. The lowest BCUT2D eigenvalue weighted by Gasteiger charge is -2.10. The number of nitrogens with one attached hydrogen (secondary N) is 2. The first-order valence-corrected chi connectivity index (χ1v) is 9.02. The normalized spacial score (nSPS) is 12.0. The molecule has 0 saturated carbocycles. The minimum Gasteiger partial charge on any atom is -0.340 e. The molecule has 1 aliphatic rings. The number of anilines is 4. The Bertz CT molecular complexity index is 1190. The second kappa shape index (κ2) is 8.08. The van der Waals surface area contributed by atoms with Crippen LogP contribution in [0, 0.1) is 22.7 Å². The van der Waals surface area contributed by atoms with E-state index in [4.69, 9.17) is 10.5 Å². The highest BCUT2D eigenvalue weighted by Crippen LogP contribution is 2.31. The molecule has 138 valence electrons. The Labute approximate surface area is 168 Å². The third-order valence-corrected chi connectivity index (χ3v) is 4.50. The molecule has 1 aromatic heterocycles. The van der Waals surface area contributed by atoms with Crippen molar-refractivity contribution in [3.8, 4) is 12.1 Å². The zero-order valence-electron chi connectivity index (χ0n) is 15.4. The molecule has 0 spiro atoms. The number of hydrogen-bond acceptors (Lipinski definition) is 6. The lowest BCUT2D eigenvalue weighted by atomic mass is 10.0.